The van der Waals surface area contributed by atoms with E-state index in [-0.39, 0.29) is 11.6 Å². The summed E-state index contributed by atoms with van der Waals surface area (Å²) in [6.07, 6.45) is 3.55. The summed E-state index contributed by atoms with van der Waals surface area (Å²) >= 11 is 0. The summed E-state index contributed by atoms with van der Waals surface area (Å²) in [4.78, 5) is 13.2. The highest BCUT2D eigenvalue weighted by atomic mass is 16.3. The van der Waals surface area contributed by atoms with Gasteiger partial charge in [-0.15, -0.1) is 0 Å². The lowest BCUT2D eigenvalue weighted by Gasteiger charge is -1.90. The molecule has 0 radical (unpaired) electrons. The summed E-state index contributed by atoms with van der Waals surface area (Å²) in [5.74, 6) is -0.0445. The first kappa shape index (κ1) is 5.58. The van der Waals surface area contributed by atoms with Gasteiger partial charge in [-0.3, -0.25) is 9.55 Å². The average molecular weight is 140 g/mol. The van der Waals surface area contributed by atoms with Crippen LogP contribution >= 0.6 is 0 Å². The van der Waals surface area contributed by atoms with Gasteiger partial charge in [-0.2, -0.15) is 0 Å². The molecule has 4 heteroatoms. The molecule has 1 fully saturated rings. The van der Waals surface area contributed by atoms with Crippen LogP contribution in [0.4, 0.5) is 0 Å². The van der Waals surface area contributed by atoms with E-state index in [9.17, 15) is 4.79 Å². The quantitative estimate of drug-likeness (QED) is 0.586. The Morgan fingerprint density at radius 1 is 1.70 bits per heavy atom. The summed E-state index contributed by atoms with van der Waals surface area (Å²) in [5.41, 5.74) is -0.208. The van der Waals surface area contributed by atoms with Crippen LogP contribution in [0.2, 0.25) is 0 Å². The second kappa shape index (κ2) is 1.65. The Morgan fingerprint density at radius 2 is 2.40 bits per heavy atom. The standard InChI is InChI=1S/C6H8N2O2/c9-5-3-8(4-1-2-4)6(10)7-5/h3-4,9H,1-2H2,(H,7,10). The van der Waals surface area contributed by atoms with E-state index in [4.69, 9.17) is 5.11 Å². The molecule has 10 heavy (non-hydrogen) atoms. The summed E-state index contributed by atoms with van der Waals surface area (Å²) in [7, 11) is 0. The average Bonchev–Trinajstić information content (AvgIpc) is 2.61. The van der Waals surface area contributed by atoms with Crippen LogP contribution in [0.15, 0.2) is 11.0 Å². The van der Waals surface area contributed by atoms with Gasteiger partial charge >= 0.3 is 5.69 Å². The number of nitrogens with one attached hydrogen (secondary N) is 1. The predicted molar refractivity (Wildman–Crippen MR) is 35.0 cm³/mol. The van der Waals surface area contributed by atoms with Crippen molar-refractivity contribution in [2.45, 2.75) is 18.9 Å². The fourth-order valence-corrected chi connectivity index (χ4v) is 1.02. The van der Waals surface area contributed by atoms with Crippen LogP contribution in [0.3, 0.4) is 0 Å². The minimum atomic E-state index is -0.208. The molecule has 0 unspecified atom stereocenters. The number of rotatable bonds is 1. The molecule has 1 saturated carbocycles. The number of aromatic amines is 1. The summed E-state index contributed by atoms with van der Waals surface area (Å²) in [6.45, 7) is 0. The highest BCUT2D eigenvalue weighted by Gasteiger charge is 2.25. The molecule has 0 amide bonds. The van der Waals surface area contributed by atoms with E-state index < -0.39 is 0 Å². The van der Waals surface area contributed by atoms with E-state index >= 15 is 0 Å². The number of nitrogens with zero attached hydrogens (tertiary/aromatic N) is 1. The van der Waals surface area contributed by atoms with Crippen LogP contribution in [-0.2, 0) is 0 Å². The lowest BCUT2D eigenvalue weighted by atomic mass is 10.7. The number of hydrogen-bond acceptors (Lipinski definition) is 2. The summed E-state index contributed by atoms with van der Waals surface area (Å²) in [5, 5.41) is 8.83. The van der Waals surface area contributed by atoms with Gasteiger partial charge in [0, 0.05) is 6.04 Å². The van der Waals surface area contributed by atoms with Gasteiger partial charge in [-0.05, 0) is 12.8 Å². The highest BCUT2D eigenvalue weighted by molar-refractivity contribution is 5.03. The number of aromatic hydroxyl groups is 1. The molecule has 0 aromatic carbocycles. The Kier molecular flexibility index (Phi) is 0.922. The molecule has 1 aliphatic carbocycles. The molecule has 1 heterocycles. The van der Waals surface area contributed by atoms with Gasteiger partial charge < -0.3 is 5.11 Å². The molecule has 1 aromatic heterocycles. The van der Waals surface area contributed by atoms with Crippen molar-refractivity contribution in [1.82, 2.24) is 9.55 Å². The van der Waals surface area contributed by atoms with Crippen molar-refractivity contribution in [1.29, 1.82) is 0 Å². The molecule has 1 aromatic rings. The maximum atomic E-state index is 10.9. The van der Waals surface area contributed by atoms with Crippen molar-refractivity contribution in [2.24, 2.45) is 0 Å². The maximum absolute atomic E-state index is 10.9. The number of imidazole rings is 1. The zero-order valence-electron chi connectivity index (χ0n) is 5.37. The molecule has 0 saturated heterocycles. The van der Waals surface area contributed by atoms with Crippen molar-refractivity contribution < 1.29 is 5.11 Å². The van der Waals surface area contributed by atoms with Crippen molar-refractivity contribution >= 4 is 0 Å². The second-order valence-electron chi connectivity index (χ2n) is 2.58. The van der Waals surface area contributed by atoms with Crippen molar-refractivity contribution in [2.75, 3.05) is 0 Å². The van der Waals surface area contributed by atoms with Gasteiger partial charge in [0.25, 0.3) is 0 Å². The van der Waals surface area contributed by atoms with Gasteiger partial charge in [0.1, 0.15) is 0 Å². The maximum Gasteiger partial charge on any atom is 0.328 e. The Balaban J connectivity index is 2.48. The topological polar surface area (TPSA) is 58.0 Å². The largest absolute Gasteiger partial charge is 0.493 e. The molecule has 2 rings (SSSR count). The minimum absolute atomic E-state index is 0.0445. The predicted octanol–water partition coefficient (Wildman–Crippen LogP) is 0.217. The van der Waals surface area contributed by atoms with Gasteiger partial charge in [0.05, 0.1) is 6.20 Å². The molecule has 0 atom stereocenters. The van der Waals surface area contributed by atoms with E-state index in [1.54, 1.807) is 0 Å². The molecule has 4 nitrogen and oxygen atoms in total. The van der Waals surface area contributed by atoms with Gasteiger partial charge in [-0.1, -0.05) is 0 Å². The van der Waals surface area contributed by atoms with Crippen molar-refractivity contribution in [3.63, 3.8) is 0 Å². The third kappa shape index (κ3) is 0.725. The molecule has 0 bridgehead atoms. The van der Waals surface area contributed by atoms with E-state index in [2.05, 4.69) is 4.98 Å². The Hall–Kier alpha value is -1.19. The first-order chi connectivity index (χ1) is 4.77. The number of hydrogen-bond donors (Lipinski definition) is 2. The smallest absolute Gasteiger partial charge is 0.328 e. The fraction of sp³-hybridized carbons (Fsp3) is 0.500. The van der Waals surface area contributed by atoms with E-state index in [0.29, 0.717) is 6.04 Å². The van der Waals surface area contributed by atoms with Crippen LogP contribution in [0.5, 0.6) is 5.88 Å². The molecule has 0 aliphatic heterocycles. The van der Waals surface area contributed by atoms with Crippen molar-refractivity contribution in [3.05, 3.63) is 16.7 Å². The SMILES string of the molecule is O=c1[nH]c(O)cn1C1CC1. The highest BCUT2D eigenvalue weighted by Crippen LogP contribution is 2.33. The van der Waals surface area contributed by atoms with Crippen LogP contribution in [0.1, 0.15) is 18.9 Å². The zero-order valence-corrected chi connectivity index (χ0v) is 5.37. The zero-order chi connectivity index (χ0) is 7.14. The van der Waals surface area contributed by atoms with Crippen molar-refractivity contribution in [3.8, 4) is 5.88 Å². The Morgan fingerprint density at radius 3 is 2.80 bits per heavy atom. The number of aromatic nitrogens is 2. The molecule has 0 spiro atoms. The number of H-pyrrole nitrogens is 1. The lowest BCUT2D eigenvalue weighted by Crippen LogP contribution is -2.14. The molecule has 2 N–H and O–H groups in total. The monoisotopic (exact) mass is 140 g/mol. The molecule has 54 valence electrons. The lowest BCUT2D eigenvalue weighted by molar-refractivity contribution is 0.455. The molecular formula is C6H8N2O2. The summed E-state index contributed by atoms with van der Waals surface area (Å²) in [6, 6.07) is 0.338. The van der Waals surface area contributed by atoms with Crippen LogP contribution < -0.4 is 5.69 Å². The van der Waals surface area contributed by atoms with Gasteiger partial charge in [0.2, 0.25) is 5.88 Å². The van der Waals surface area contributed by atoms with E-state index in [1.165, 1.54) is 10.8 Å². The summed E-state index contributed by atoms with van der Waals surface area (Å²) < 4.78 is 1.54. The molecule has 1 aliphatic rings. The third-order valence-corrected chi connectivity index (χ3v) is 1.67. The second-order valence-corrected chi connectivity index (χ2v) is 2.58. The first-order valence-electron chi connectivity index (χ1n) is 3.27. The van der Waals surface area contributed by atoms with Crippen LogP contribution in [0, 0.1) is 0 Å². The minimum Gasteiger partial charge on any atom is -0.493 e. The van der Waals surface area contributed by atoms with Crippen LogP contribution in [-0.4, -0.2) is 14.7 Å². The van der Waals surface area contributed by atoms with E-state index in [0.717, 1.165) is 12.8 Å². The van der Waals surface area contributed by atoms with Gasteiger partial charge in [0.15, 0.2) is 0 Å². The Labute approximate surface area is 57.1 Å². The molecular weight excluding hydrogens is 132 g/mol. The van der Waals surface area contributed by atoms with E-state index in [1.807, 2.05) is 0 Å². The third-order valence-electron chi connectivity index (χ3n) is 1.67. The first-order valence-corrected chi connectivity index (χ1v) is 3.27. The van der Waals surface area contributed by atoms with Crippen LogP contribution in [0.25, 0.3) is 0 Å². The fourth-order valence-electron chi connectivity index (χ4n) is 1.02. The van der Waals surface area contributed by atoms with Gasteiger partial charge in [-0.25, -0.2) is 4.79 Å². The Bertz CT molecular complexity index is 295. The normalized spacial score (nSPS) is 17.6.